The number of aliphatic hydroxyl groups excluding tert-OH is 1. The SMILES string of the molecule is O=C(O)N1CCN(c2nc3c(Nc4ccc(Oc5ccn6ncnc6c5)c(Cl)c4)ncnc3cc2Br)CC1CO. The Labute approximate surface area is 240 Å². The average Bonchev–Trinajstić information content (AvgIpc) is 3.42. The third-order valence-corrected chi connectivity index (χ3v) is 7.34. The van der Waals surface area contributed by atoms with Crippen LogP contribution < -0.4 is 15.0 Å². The summed E-state index contributed by atoms with van der Waals surface area (Å²) in [6.07, 6.45) is 3.59. The minimum atomic E-state index is -1.06. The zero-order valence-corrected chi connectivity index (χ0v) is 23.0. The number of anilines is 3. The molecule has 1 fully saturated rings. The van der Waals surface area contributed by atoms with E-state index in [1.807, 2.05) is 17.0 Å². The van der Waals surface area contributed by atoms with Gasteiger partial charge in [-0.3, -0.25) is 4.90 Å². The Balaban J connectivity index is 1.25. The van der Waals surface area contributed by atoms with Gasteiger partial charge in [0.05, 0.1) is 27.7 Å². The van der Waals surface area contributed by atoms with E-state index in [0.717, 1.165) is 0 Å². The van der Waals surface area contributed by atoms with Crippen molar-refractivity contribution in [1.29, 1.82) is 0 Å². The van der Waals surface area contributed by atoms with Crippen LogP contribution in [0.25, 0.3) is 16.7 Å². The molecule has 13 nitrogen and oxygen atoms in total. The fourth-order valence-electron chi connectivity index (χ4n) is 4.51. The van der Waals surface area contributed by atoms with Gasteiger partial charge in [0.2, 0.25) is 0 Å². The van der Waals surface area contributed by atoms with E-state index in [0.29, 0.717) is 61.5 Å². The van der Waals surface area contributed by atoms with Crippen molar-refractivity contribution >= 4 is 67.6 Å². The lowest BCUT2D eigenvalue weighted by molar-refractivity contribution is 0.0909. The largest absolute Gasteiger partial charge is 0.465 e. The molecule has 1 aromatic carbocycles. The lowest BCUT2D eigenvalue weighted by atomic mass is 10.2. The first-order valence-corrected chi connectivity index (χ1v) is 13.3. The Morgan fingerprint density at radius 1 is 1.15 bits per heavy atom. The quantitative estimate of drug-likeness (QED) is 0.249. The van der Waals surface area contributed by atoms with E-state index in [2.05, 4.69) is 41.3 Å². The number of nitrogens with zero attached hydrogens (tertiary/aromatic N) is 8. The van der Waals surface area contributed by atoms with Crippen molar-refractivity contribution in [3.05, 3.63) is 64.7 Å². The van der Waals surface area contributed by atoms with Crippen LogP contribution in [-0.2, 0) is 0 Å². The van der Waals surface area contributed by atoms with Gasteiger partial charge >= 0.3 is 6.09 Å². The van der Waals surface area contributed by atoms with Gasteiger partial charge in [-0.1, -0.05) is 11.6 Å². The van der Waals surface area contributed by atoms with Crippen molar-refractivity contribution in [2.24, 2.45) is 0 Å². The molecule has 15 heteroatoms. The van der Waals surface area contributed by atoms with E-state index in [4.69, 9.17) is 21.3 Å². The average molecular weight is 627 g/mol. The highest BCUT2D eigenvalue weighted by Crippen LogP contribution is 2.35. The minimum absolute atomic E-state index is 0.239. The zero-order valence-electron chi connectivity index (χ0n) is 20.6. The Bertz CT molecular complexity index is 1740. The van der Waals surface area contributed by atoms with Gasteiger partial charge in [-0.25, -0.2) is 29.2 Å². The third kappa shape index (κ3) is 5.03. The number of rotatable bonds is 6. The Morgan fingerprint density at radius 3 is 2.83 bits per heavy atom. The molecule has 1 aliphatic rings. The van der Waals surface area contributed by atoms with Gasteiger partial charge in [0, 0.05) is 37.6 Å². The summed E-state index contributed by atoms with van der Waals surface area (Å²) < 4.78 is 8.28. The summed E-state index contributed by atoms with van der Waals surface area (Å²) in [6.45, 7) is 0.650. The molecule has 5 aromatic rings. The molecule has 3 N–H and O–H groups in total. The van der Waals surface area contributed by atoms with Crippen LogP contribution in [0.4, 0.5) is 22.1 Å². The van der Waals surface area contributed by atoms with Crippen molar-refractivity contribution in [3.8, 4) is 11.5 Å². The standard InChI is InChI=1S/C25H21BrClN9O4/c26-17-9-19-22(33-24(17)34-5-6-35(25(38)39)15(10-34)11-37)23(30-12-28-19)32-14-1-2-20(18(27)7-14)40-16-3-4-36-21(8-16)29-13-31-36/h1-4,7-9,12-13,15,37H,5-6,10-11H2,(H,38,39)(H,28,30,32). The van der Waals surface area contributed by atoms with E-state index < -0.39 is 12.1 Å². The Kier molecular flexibility index (Phi) is 6.96. The summed E-state index contributed by atoms with van der Waals surface area (Å²) in [5, 5.41) is 26.9. The van der Waals surface area contributed by atoms with E-state index in [9.17, 15) is 15.0 Å². The maximum absolute atomic E-state index is 11.5. The number of ether oxygens (including phenoxy) is 1. The number of carbonyl (C=O) groups is 1. The molecule has 1 unspecified atom stereocenters. The number of carboxylic acid groups (broad SMARTS) is 1. The van der Waals surface area contributed by atoms with Gasteiger partial charge in [-0.2, -0.15) is 5.10 Å². The van der Waals surface area contributed by atoms with Gasteiger partial charge < -0.3 is 25.2 Å². The molecule has 4 aromatic heterocycles. The topological polar surface area (TPSA) is 154 Å². The lowest BCUT2D eigenvalue weighted by Crippen LogP contribution is -2.56. The number of amides is 1. The minimum Gasteiger partial charge on any atom is -0.465 e. The normalized spacial score (nSPS) is 15.5. The molecule has 1 atom stereocenters. The Hall–Kier alpha value is -4.27. The third-order valence-electron chi connectivity index (χ3n) is 6.46. The fraction of sp³-hybridized carbons (Fsp3) is 0.200. The summed E-state index contributed by atoms with van der Waals surface area (Å²) in [5.74, 6) is 2.09. The molecule has 1 aliphatic heterocycles. The first kappa shape index (κ1) is 26.0. The second kappa shape index (κ2) is 10.7. The van der Waals surface area contributed by atoms with E-state index in [1.165, 1.54) is 17.6 Å². The van der Waals surface area contributed by atoms with Crippen LogP contribution in [0, 0.1) is 0 Å². The summed E-state index contributed by atoms with van der Waals surface area (Å²) in [4.78, 5) is 32.4. The first-order chi connectivity index (χ1) is 19.4. The van der Waals surface area contributed by atoms with E-state index >= 15 is 0 Å². The van der Waals surface area contributed by atoms with Crippen LogP contribution in [-0.4, -0.2) is 83.0 Å². The van der Waals surface area contributed by atoms with Crippen molar-refractivity contribution in [2.45, 2.75) is 6.04 Å². The number of aromatic nitrogens is 6. The molecule has 204 valence electrons. The van der Waals surface area contributed by atoms with Gasteiger partial charge in [0.15, 0.2) is 11.5 Å². The number of hydrogen-bond acceptors (Lipinski definition) is 10. The predicted molar refractivity (Wildman–Crippen MR) is 151 cm³/mol. The number of benzene rings is 1. The summed E-state index contributed by atoms with van der Waals surface area (Å²) >= 11 is 10.1. The molecule has 5 heterocycles. The molecule has 0 spiro atoms. The molecule has 1 amide bonds. The highest BCUT2D eigenvalue weighted by molar-refractivity contribution is 9.10. The molecule has 1 saturated heterocycles. The van der Waals surface area contributed by atoms with Crippen molar-refractivity contribution < 1.29 is 19.7 Å². The lowest BCUT2D eigenvalue weighted by Gasteiger charge is -2.40. The molecule has 0 aliphatic carbocycles. The summed E-state index contributed by atoms with van der Waals surface area (Å²) in [7, 11) is 0. The number of piperazine rings is 1. The zero-order chi connectivity index (χ0) is 27.8. The van der Waals surface area contributed by atoms with Gasteiger partial charge in [-0.05, 0) is 46.3 Å². The second-order valence-corrected chi connectivity index (χ2v) is 10.2. The van der Waals surface area contributed by atoms with Gasteiger partial charge in [0.1, 0.15) is 35.5 Å². The maximum atomic E-state index is 11.5. The van der Waals surface area contributed by atoms with Crippen LogP contribution in [0.15, 0.2) is 59.7 Å². The predicted octanol–water partition coefficient (Wildman–Crippen LogP) is 4.18. The number of fused-ring (bicyclic) bond motifs is 2. The number of halogens is 2. The highest BCUT2D eigenvalue weighted by Gasteiger charge is 2.31. The molecular formula is C25H21BrClN9O4. The fourth-order valence-corrected chi connectivity index (χ4v) is 5.28. The van der Waals surface area contributed by atoms with Crippen LogP contribution in [0.3, 0.4) is 0 Å². The molecule has 40 heavy (non-hydrogen) atoms. The van der Waals surface area contributed by atoms with Crippen LogP contribution in [0.5, 0.6) is 11.5 Å². The number of hydrogen-bond donors (Lipinski definition) is 3. The van der Waals surface area contributed by atoms with Crippen molar-refractivity contribution in [1.82, 2.24) is 34.4 Å². The number of nitrogens with one attached hydrogen (secondary N) is 1. The molecule has 0 bridgehead atoms. The summed E-state index contributed by atoms with van der Waals surface area (Å²) in [6, 6.07) is 10.1. The molecule has 0 radical (unpaired) electrons. The van der Waals surface area contributed by atoms with Crippen LogP contribution in [0.1, 0.15) is 0 Å². The van der Waals surface area contributed by atoms with Crippen molar-refractivity contribution in [2.75, 3.05) is 36.5 Å². The van der Waals surface area contributed by atoms with Gasteiger partial charge in [-0.15, -0.1) is 0 Å². The van der Waals surface area contributed by atoms with Gasteiger partial charge in [0.25, 0.3) is 0 Å². The van der Waals surface area contributed by atoms with Crippen LogP contribution >= 0.6 is 27.5 Å². The maximum Gasteiger partial charge on any atom is 0.407 e. The first-order valence-electron chi connectivity index (χ1n) is 12.1. The number of pyridine rings is 2. The summed E-state index contributed by atoms with van der Waals surface area (Å²) in [5.41, 5.74) is 2.43. The Morgan fingerprint density at radius 2 is 2.02 bits per heavy atom. The number of aliphatic hydroxyl groups is 1. The molecule has 6 rings (SSSR count). The molecule has 0 saturated carbocycles. The monoisotopic (exact) mass is 625 g/mol. The van der Waals surface area contributed by atoms with E-state index in [1.54, 1.807) is 35.0 Å². The smallest absolute Gasteiger partial charge is 0.407 e. The van der Waals surface area contributed by atoms with Crippen molar-refractivity contribution in [3.63, 3.8) is 0 Å². The van der Waals surface area contributed by atoms with E-state index in [-0.39, 0.29) is 19.7 Å². The van der Waals surface area contributed by atoms with Crippen LogP contribution in [0.2, 0.25) is 5.02 Å². The second-order valence-electron chi connectivity index (χ2n) is 8.94. The highest BCUT2D eigenvalue weighted by atomic mass is 79.9. The molecular weight excluding hydrogens is 606 g/mol.